The van der Waals surface area contributed by atoms with Crippen LogP contribution >= 0.6 is 11.6 Å². The van der Waals surface area contributed by atoms with Crippen molar-refractivity contribution in [2.24, 2.45) is 0 Å². The number of aromatic nitrogens is 2. The Morgan fingerprint density at radius 2 is 2.04 bits per heavy atom. The highest BCUT2D eigenvalue weighted by Crippen LogP contribution is 2.18. The summed E-state index contributed by atoms with van der Waals surface area (Å²) in [7, 11) is 0. The van der Waals surface area contributed by atoms with Gasteiger partial charge in [0.1, 0.15) is 5.82 Å². The molecule has 0 aliphatic carbocycles. The number of hydrogen-bond donors (Lipinski definition) is 1. The second-order valence-corrected chi connectivity index (χ2v) is 6.30. The molecule has 1 amide bonds. The van der Waals surface area contributed by atoms with Crippen LogP contribution in [0, 0.1) is 5.82 Å². The molecule has 134 valence electrons. The molecule has 7 heteroatoms. The van der Waals surface area contributed by atoms with Gasteiger partial charge in [-0.05, 0) is 48.9 Å². The number of amides is 1. The fourth-order valence-electron chi connectivity index (χ4n) is 2.47. The number of rotatable bonds is 6. The van der Waals surface area contributed by atoms with Crippen LogP contribution in [0.3, 0.4) is 0 Å². The summed E-state index contributed by atoms with van der Waals surface area (Å²) >= 11 is 5.97. The van der Waals surface area contributed by atoms with Crippen molar-refractivity contribution in [2.45, 2.75) is 25.8 Å². The average Bonchev–Trinajstić information content (AvgIpc) is 3.09. The Balaban J connectivity index is 1.54. The maximum absolute atomic E-state index is 13.0. The zero-order valence-electron chi connectivity index (χ0n) is 14.1. The normalized spacial score (nSPS) is 12.0. The third kappa shape index (κ3) is 4.67. The standard InChI is InChI=1S/C19H17ClFN3O2/c1-12(14-3-2-4-15(20)11-14)22-17(25)9-10-18-23-19(24-26-18)13-5-7-16(21)8-6-13/h2-8,11-12H,9-10H2,1H3,(H,22,25)/t12-/m0/s1. The van der Waals surface area contributed by atoms with Crippen molar-refractivity contribution in [1.82, 2.24) is 15.5 Å². The Morgan fingerprint density at radius 1 is 1.27 bits per heavy atom. The predicted octanol–water partition coefficient (Wildman–Crippen LogP) is 4.34. The third-order valence-corrected chi connectivity index (χ3v) is 4.10. The van der Waals surface area contributed by atoms with Crippen molar-refractivity contribution in [3.63, 3.8) is 0 Å². The molecule has 0 bridgehead atoms. The highest BCUT2D eigenvalue weighted by molar-refractivity contribution is 6.30. The zero-order chi connectivity index (χ0) is 18.5. The molecule has 26 heavy (non-hydrogen) atoms. The molecule has 1 atom stereocenters. The quantitative estimate of drug-likeness (QED) is 0.698. The van der Waals surface area contributed by atoms with E-state index >= 15 is 0 Å². The lowest BCUT2D eigenvalue weighted by molar-refractivity contribution is -0.121. The number of carbonyl (C=O) groups is 1. The molecule has 1 heterocycles. The van der Waals surface area contributed by atoms with E-state index in [1.165, 1.54) is 12.1 Å². The number of nitrogens with one attached hydrogen (secondary N) is 1. The fourth-order valence-corrected chi connectivity index (χ4v) is 2.66. The van der Waals surface area contributed by atoms with Crippen LogP contribution in [0.4, 0.5) is 4.39 Å². The third-order valence-electron chi connectivity index (χ3n) is 3.86. The van der Waals surface area contributed by atoms with Crippen molar-refractivity contribution in [3.8, 4) is 11.4 Å². The van der Waals surface area contributed by atoms with Crippen LogP contribution in [-0.2, 0) is 11.2 Å². The smallest absolute Gasteiger partial charge is 0.227 e. The molecule has 0 radical (unpaired) electrons. The summed E-state index contributed by atoms with van der Waals surface area (Å²) < 4.78 is 18.1. The maximum atomic E-state index is 13.0. The molecule has 0 spiro atoms. The molecule has 1 aromatic heterocycles. The van der Waals surface area contributed by atoms with Crippen molar-refractivity contribution < 1.29 is 13.7 Å². The van der Waals surface area contributed by atoms with Crippen LogP contribution in [-0.4, -0.2) is 16.0 Å². The summed E-state index contributed by atoms with van der Waals surface area (Å²) in [4.78, 5) is 16.4. The molecule has 3 rings (SSSR count). The predicted molar refractivity (Wildman–Crippen MR) is 96.0 cm³/mol. The van der Waals surface area contributed by atoms with Crippen LogP contribution in [0.25, 0.3) is 11.4 Å². The first kappa shape index (κ1) is 18.1. The van der Waals surface area contributed by atoms with Crippen LogP contribution in [0.5, 0.6) is 0 Å². The van der Waals surface area contributed by atoms with E-state index in [0.29, 0.717) is 28.7 Å². The fraction of sp³-hybridized carbons (Fsp3) is 0.211. The van der Waals surface area contributed by atoms with Crippen molar-refractivity contribution in [1.29, 1.82) is 0 Å². The monoisotopic (exact) mass is 373 g/mol. The van der Waals surface area contributed by atoms with Crippen LogP contribution in [0.15, 0.2) is 53.1 Å². The van der Waals surface area contributed by atoms with E-state index in [-0.39, 0.29) is 24.2 Å². The molecular weight excluding hydrogens is 357 g/mol. The number of nitrogens with zero attached hydrogens (tertiary/aromatic N) is 2. The van der Waals surface area contributed by atoms with Crippen LogP contribution in [0.1, 0.15) is 30.8 Å². The highest BCUT2D eigenvalue weighted by Gasteiger charge is 2.13. The number of halogens is 2. The highest BCUT2D eigenvalue weighted by atomic mass is 35.5. The summed E-state index contributed by atoms with van der Waals surface area (Å²) in [5.74, 6) is 0.268. The summed E-state index contributed by atoms with van der Waals surface area (Å²) in [6.07, 6.45) is 0.540. The van der Waals surface area contributed by atoms with E-state index in [1.54, 1.807) is 18.2 Å². The van der Waals surface area contributed by atoms with E-state index in [1.807, 2.05) is 25.1 Å². The molecule has 2 aromatic carbocycles. The van der Waals surface area contributed by atoms with Crippen LogP contribution in [0.2, 0.25) is 5.02 Å². The van der Waals surface area contributed by atoms with E-state index in [2.05, 4.69) is 15.5 Å². The Kier molecular flexibility index (Phi) is 5.63. The minimum Gasteiger partial charge on any atom is -0.350 e. The SMILES string of the molecule is C[C@H](NC(=O)CCc1nc(-c2ccc(F)cc2)no1)c1cccc(Cl)c1. The topological polar surface area (TPSA) is 68.0 Å². The molecule has 3 aromatic rings. The number of carbonyl (C=O) groups excluding carboxylic acids is 1. The zero-order valence-corrected chi connectivity index (χ0v) is 14.8. The Labute approximate surface area is 155 Å². The minimum atomic E-state index is -0.331. The van der Waals surface area contributed by atoms with Gasteiger partial charge >= 0.3 is 0 Å². The summed E-state index contributed by atoms with van der Waals surface area (Å²) in [5.41, 5.74) is 1.59. The molecule has 0 saturated heterocycles. The molecule has 0 aliphatic heterocycles. The molecule has 1 N–H and O–H groups in total. The van der Waals surface area contributed by atoms with Crippen molar-refractivity contribution in [3.05, 3.63) is 70.8 Å². The van der Waals surface area contributed by atoms with E-state index in [4.69, 9.17) is 16.1 Å². The number of aryl methyl sites for hydroxylation is 1. The van der Waals surface area contributed by atoms with Gasteiger partial charge in [-0.1, -0.05) is 28.9 Å². The van der Waals surface area contributed by atoms with Gasteiger partial charge in [0.25, 0.3) is 0 Å². The lowest BCUT2D eigenvalue weighted by atomic mass is 10.1. The first-order valence-corrected chi connectivity index (χ1v) is 8.52. The second kappa shape index (κ2) is 8.10. The maximum Gasteiger partial charge on any atom is 0.227 e. The van der Waals surface area contributed by atoms with Gasteiger partial charge in [0.15, 0.2) is 0 Å². The molecule has 5 nitrogen and oxygen atoms in total. The van der Waals surface area contributed by atoms with Gasteiger partial charge in [0, 0.05) is 23.4 Å². The molecule has 0 unspecified atom stereocenters. The molecular formula is C19H17ClFN3O2. The van der Waals surface area contributed by atoms with Gasteiger partial charge < -0.3 is 9.84 Å². The van der Waals surface area contributed by atoms with Crippen molar-refractivity contribution >= 4 is 17.5 Å². The average molecular weight is 374 g/mol. The van der Waals surface area contributed by atoms with Gasteiger partial charge in [-0.2, -0.15) is 4.98 Å². The minimum absolute atomic E-state index is 0.126. The summed E-state index contributed by atoms with van der Waals surface area (Å²) in [6, 6.07) is 13.0. The molecule has 0 saturated carbocycles. The lowest BCUT2D eigenvalue weighted by Crippen LogP contribution is -2.26. The first-order valence-electron chi connectivity index (χ1n) is 8.14. The van der Waals surface area contributed by atoms with Crippen LogP contribution < -0.4 is 5.32 Å². The Hall–Kier alpha value is -2.73. The van der Waals surface area contributed by atoms with Gasteiger partial charge in [-0.25, -0.2) is 4.39 Å². The first-order chi connectivity index (χ1) is 12.5. The summed E-state index contributed by atoms with van der Waals surface area (Å²) in [6.45, 7) is 1.89. The Morgan fingerprint density at radius 3 is 2.77 bits per heavy atom. The van der Waals surface area contributed by atoms with Crippen molar-refractivity contribution in [2.75, 3.05) is 0 Å². The van der Waals surface area contributed by atoms with Gasteiger partial charge in [0.05, 0.1) is 6.04 Å². The largest absolute Gasteiger partial charge is 0.350 e. The lowest BCUT2D eigenvalue weighted by Gasteiger charge is -2.14. The van der Waals surface area contributed by atoms with Gasteiger partial charge in [0.2, 0.25) is 17.6 Å². The number of hydrogen-bond acceptors (Lipinski definition) is 4. The Bertz CT molecular complexity index is 896. The molecule has 0 fully saturated rings. The van der Waals surface area contributed by atoms with E-state index in [0.717, 1.165) is 5.56 Å². The summed E-state index contributed by atoms with van der Waals surface area (Å²) in [5, 5.41) is 7.39. The van der Waals surface area contributed by atoms with E-state index < -0.39 is 0 Å². The van der Waals surface area contributed by atoms with E-state index in [9.17, 15) is 9.18 Å². The van der Waals surface area contributed by atoms with Gasteiger partial charge in [-0.3, -0.25) is 4.79 Å². The number of benzene rings is 2. The second-order valence-electron chi connectivity index (χ2n) is 5.86. The van der Waals surface area contributed by atoms with Gasteiger partial charge in [-0.15, -0.1) is 0 Å². The molecule has 0 aliphatic rings.